The van der Waals surface area contributed by atoms with Crippen LogP contribution in [-0.4, -0.2) is 7.11 Å². The summed E-state index contributed by atoms with van der Waals surface area (Å²) < 4.78 is 5.18. The van der Waals surface area contributed by atoms with Crippen molar-refractivity contribution in [1.82, 2.24) is 0 Å². The second-order valence-electron chi connectivity index (χ2n) is 3.44. The Hall–Kier alpha value is -1.49. The van der Waals surface area contributed by atoms with Crippen molar-refractivity contribution in [3.05, 3.63) is 29.8 Å². The van der Waals surface area contributed by atoms with E-state index in [0.717, 1.165) is 11.3 Å². The van der Waals surface area contributed by atoms with Gasteiger partial charge in [-0.05, 0) is 19.9 Å². The Morgan fingerprint density at radius 1 is 1.29 bits per heavy atom. The molecule has 2 nitrogen and oxygen atoms in total. The highest BCUT2D eigenvalue weighted by atomic mass is 16.5. The molecule has 0 saturated carbocycles. The Labute approximate surface area is 86.1 Å². The van der Waals surface area contributed by atoms with E-state index < -0.39 is 5.41 Å². The highest BCUT2D eigenvalue weighted by molar-refractivity contribution is 5.42. The lowest BCUT2D eigenvalue weighted by Crippen LogP contribution is -2.14. The van der Waals surface area contributed by atoms with Crippen LogP contribution in [0.2, 0.25) is 0 Å². The van der Waals surface area contributed by atoms with E-state index in [2.05, 4.69) is 6.07 Å². The van der Waals surface area contributed by atoms with Crippen molar-refractivity contribution < 1.29 is 4.74 Å². The van der Waals surface area contributed by atoms with Gasteiger partial charge >= 0.3 is 0 Å². The number of nitrogens with zero attached hydrogens (tertiary/aromatic N) is 1. The zero-order valence-electron chi connectivity index (χ0n) is 8.16. The molecule has 0 radical (unpaired) electrons. The molecule has 0 aliphatic rings. The predicted molar refractivity (Wildman–Crippen MR) is 58.4 cm³/mol. The predicted octanol–water partition coefficient (Wildman–Crippen LogP) is 3.13. The molecule has 1 aromatic rings. The Kier molecular flexibility index (Phi) is 4.17. The van der Waals surface area contributed by atoms with Crippen LogP contribution in [0, 0.1) is 11.3 Å². The van der Waals surface area contributed by atoms with E-state index in [0.29, 0.717) is 0 Å². The summed E-state index contributed by atoms with van der Waals surface area (Å²) in [5.74, 6) is 0.772. The maximum atomic E-state index is 8.96. The molecule has 0 aliphatic carbocycles. The van der Waals surface area contributed by atoms with Crippen LogP contribution in [0.5, 0.6) is 5.75 Å². The topological polar surface area (TPSA) is 33.0 Å². The van der Waals surface area contributed by atoms with E-state index in [9.17, 15) is 0 Å². The number of rotatable bonds is 2. The lowest BCUT2D eigenvalue weighted by atomic mass is 9.86. The van der Waals surface area contributed by atoms with Crippen LogP contribution >= 0.6 is 0 Å². The molecule has 0 atom stereocenters. The first-order valence-electron chi connectivity index (χ1n) is 4.16. The van der Waals surface area contributed by atoms with Gasteiger partial charge < -0.3 is 4.74 Å². The number of nitriles is 1. The third kappa shape index (κ3) is 2.26. The molecule has 0 aliphatic heterocycles. The van der Waals surface area contributed by atoms with Crippen molar-refractivity contribution in [2.75, 3.05) is 7.11 Å². The third-order valence-corrected chi connectivity index (χ3v) is 2.06. The normalized spacial score (nSPS) is 9.86. The van der Waals surface area contributed by atoms with Gasteiger partial charge in [-0.15, -0.1) is 0 Å². The number of ether oxygens (including phenoxy) is 1. The average Bonchev–Trinajstić information content (AvgIpc) is 2.18. The Bertz CT molecular complexity index is 336. The van der Waals surface area contributed by atoms with E-state index in [4.69, 9.17) is 10.00 Å². The number of methoxy groups -OCH3 is 1. The van der Waals surface area contributed by atoms with Crippen molar-refractivity contribution >= 4 is 0 Å². The summed E-state index contributed by atoms with van der Waals surface area (Å²) in [6.07, 6.45) is 0. The third-order valence-electron chi connectivity index (χ3n) is 2.06. The monoisotopic (exact) mass is 191 g/mol. The molecule has 14 heavy (non-hydrogen) atoms. The Morgan fingerprint density at radius 2 is 1.86 bits per heavy atom. The molecule has 0 bridgehead atoms. The van der Waals surface area contributed by atoms with Crippen molar-refractivity contribution in [2.24, 2.45) is 0 Å². The zero-order valence-corrected chi connectivity index (χ0v) is 8.16. The molecular weight excluding hydrogens is 174 g/mol. The lowest BCUT2D eigenvalue weighted by molar-refractivity contribution is 0.403. The largest absolute Gasteiger partial charge is 0.496 e. The van der Waals surface area contributed by atoms with E-state index in [-0.39, 0.29) is 7.43 Å². The Morgan fingerprint density at radius 3 is 2.36 bits per heavy atom. The molecule has 1 aromatic carbocycles. The Balaban J connectivity index is 0.00000169. The zero-order chi connectivity index (χ0) is 9.90. The molecular formula is C12H17NO. The molecule has 2 heteroatoms. The van der Waals surface area contributed by atoms with Gasteiger partial charge in [-0.2, -0.15) is 5.26 Å². The van der Waals surface area contributed by atoms with Crippen molar-refractivity contribution in [1.29, 1.82) is 5.26 Å². The second kappa shape index (κ2) is 4.66. The maximum absolute atomic E-state index is 8.96. The highest BCUT2D eigenvalue weighted by Gasteiger charge is 2.23. The number of hydrogen-bond donors (Lipinski definition) is 0. The maximum Gasteiger partial charge on any atom is 0.123 e. The van der Waals surface area contributed by atoms with Crippen LogP contribution in [0.3, 0.4) is 0 Å². The molecule has 1 rings (SSSR count). The summed E-state index contributed by atoms with van der Waals surface area (Å²) in [5.41, 5.74) is 0.437. The summed E-state index contributed by atoms with van der Waals surface area (Å²) in [7, 11) is 1.62. The first-order valence-corrected chi connectivity index (χ1v) is 4.16. The van der Waals surface area contributed by atoms with Gasteiger partial charge in [0.15, 0.2) is 0 Å². The first-order chi connectivity index (χ1) is 6.11. The second-order valence-corrected chi connectivity index (χ2v) is 3.44. The molecule has 0 heterocycles. The number of benzene rings is 1. The van der Waals surface area contributed by atoms with Crippen LogP contribution in [-0.2, 0) is 5.41 Å². The molecule has 0 saturated heterocycles. The first kappa shape index (κ1) is 12.5. The van der Waals surface area contributed by atoms with Crippen molar-refractivity contribution in [2.45, 2.75) is 26.7 Å². The standard InChI is InChI=1S/C11H13NO.CH4/c1-11(2,8-12)9-6-4-5-7-10(9)13-3;/h4-7H,1-3H3;1H4. The SMILES string of the molecule is C.COc1ccccc1C(C)(C)C#N. The fourth-order valence-corrected chi connectivity index (χ4v) is 1.22. The quantitative estimate of drug-likeness (QED) is 0.719. The van der Waals surface area contributed by atoms with Gasteiger partial charge in [0.2, 0.25) is 0 Å². The minimum absolute atomic E-state index is 0. The van der Waals surface area contributed by atoms with Gasteiger partial charge in [0.25, 0.3) is 0 Å². The highest BCUT2D eigenvalue weighted by Crippen LogP contribution is 2.30. The van der Waals surface area contributed by atoms with Crippen molar-refractivity contribution in [3.8, 4) is 11.8 Å². The van der Waals surface area contributed by atoms with Gasteiger partial charge in [-0.1, -0.05) is 25.6 Å². The molecule has 0 aromatic heterocycles. The van der Waals surface area contributed by atoms with Gasteiger partial charge in [0, 0.05) is 5.56 Å². The van der Waals surface area contributed by atoms with Crippen LogP contribution in [0.15, 0.2) is 24.3 Å². The molecule has 0 amide bonds. The van der Waals surface area contributed by atoms with E-state index in [1.807, 2.05) is 38.1 Å². The summed E-state index contributed by atoms with van der Waals surface area (Å²) in [5, 5.41) is 8.96. The summed E-state index contributed by atoms with van der Waals surface area (Å²) in [6.45, 7) is 3.76. The van der Waals surface area contributed by atoms with Gasteiger partial charge in [0.1, 0.15) is 5.75 Å². The fraction of sp³-hybridized carbons (Fsp3) is 0.417. The van der Waals surface area contributed by atoms with Crippen LogP contribution in [0.1, 0.15) is 26.8 Å². The molecule has 0 N–H and O–H groups in total. The van der Waals surface area contributed by atoms with Crippen LogP contribution in [0.4, 0.5) is 0 Å². The lowest BCUT2D eigenvalue weighted by Gasteiger charge is -2.18. The van der Waals surface area contributed by atoms with Crippen LogP contribution in [0.25, 0.3) is 0 Å². The summed E-state index contributed by atoms with van der Waals surface area (Å²) >= 11 is 0. The molecule has 0 fully saturated rings. The van der Waals surface area contributed by atoms with Gasteiger partial charge in [-0.3, -0.25) is 0 Å². The van der Waals surface area contributed by atoms with E-state index >= 15 is 0 Å². The summed E-state index contributed by atoms with van der Waals surface area (Å²) in [4.78, 5) is 0. The van der Waals surface area contributed by atoms with Crippen LogP contribution < -0.4 is 4.74 Å². The number of hydrogen-bond acceptors (Lipinski definition) is 2. The molecule has 0 unspecified atom stereocenters. The average molecular weight is 191 g/mol. The van der Waals surface area contributed by atoms with Gasteiger partial charge in [0.05, 0.1) is 18.6 Å². The summed E-state index contributed by atoms with van der Waals surface area (Å²) in [6, 6.07) is 9.85. The smallest absolute Gasteiger partial charge is 0.123 e. The number of para-hydroxylation sites is 1. The van der Waals surface area contributed by atoms with E-state index in [1.54, 1.807) is 7.11 Å². The molecule has 0 spiro atoms. The minimum atomic E-state index is -0.493. The van der Waals surface area contributed by atoms with Crippen molar-refractivity contribution in [3.63, 3.8) is 0 Å². The fourth-order valence-electron chi connectivity index (χ4n) is 1.22. The van der Waals surface area contributed by atoms with E-state index in [1.165, 1.54) is 0 Å². The van der Waals surface area contributed by atoms with Gasteiger partial charge in [-0.25, -0.2) is 0 Å². The minimum Gasteiger partial charge on any atom is -0.496 e. The molecule has 76 valence electrons.